The Morgan fingerprint density at radius 1 is 1.62 bits per heavy atom. The van der Waals surface area contributed by atoms with E-state index in [2.05, 4.69) is 0 Å². The van der Waals surface area contributed by atoms with Gasteiger partial charge in [0, 0.05) is 29.4 Å². The first-order chi connectivity index (χ1) is 7.55. The average Bonchev–Trinajstić information content (AvgIpc) is 2.85. The summed E-state index contributed by atoms with van der Waals surface area (Å²) in [5, 5.41) is 1.68. The largest absolute Gasteiger partial charge is 0.326 e. The number of nitrogens with two attached hydrogens (primary N) is 1. The molecule has 0 aromatic carbocycles. The quantitative estimate of drug-likeness (QED) is 0.893. The van der Waals surface area contributed by atoms with Crippen LogP contribution in [0.1, 0.15) is 24.6 Å². The summed E-state index contributed by atoms with van der Waals surface area (Å²) in [6.07, 6.45) is 1.90. The summed E-state index contributed by atoms with van der Waals surface area (Å²) < 4.78 is 26.1. The third kappa shape index (κ3) is 2.02. The molecule has 90 valence electrons. The molecule has 1 aromatic heterocycles. The molecule has 2 rings (SSSR count). The van der Waals surface area contributed by atoms with Crippen molar-refractivity contribution >= 4 is 21.4 Å². The van der Waals surface area contributed by atoms with E-state index in [-0.39, 0.29) is 6.04 Å². The van der Waals surface area contributed by atoms with Gasteiger partial charge in [-0.1, -0.05) is 0 Å². The second kappa shape index (κ2) is 4.44. The zero-order valence-corrected chi connectivity index (χ0v) is 10.9. The van der Waals surface area contributed by atoms with Crippen LogP contribution in [0, 0.1) is 0 Å². The van der Waals surface area contributed by atoms with Crippen LogP contribution in [0.2, 0.25) is 0 Å². The zero-order chi connectivity index (χ0) is 11.8. The fraction of sp³-hybridized carbons (Fsp3) is 0.600. The van der Waals surface area contributed by atoms with Gasteiger partial charge in [0.2, 0.25) is 10.0 Å². The summed E-state index contributed by atoms with van der Waals surface area (Å²) in [5.41, 5.74) is 5.49. The predicted molar refractivity (Wildman–Crippen MR) is 64.8 cm³/mol. The van der Waals surface area contributed by atoms with Gasteiger partial charge in [-0.15, -0.1) is 11.3 Å². The van der Waals surface area contributed by atoms with Crippen molar-refractivity contribution in [3.05, 3.63) is 16.3 Å². The highest BCUT2D eigenvalue weighted by molar-refractivity contribution is 7.89. The normalized spacial score (nSPS) is 22.8. The fourth-order valence-electron chi connectivity index (χ4n) is 2.00. The van der Waals surface area contributed by atoms with Gasteiger partial charge >= 0.3 is 0 Å². The molecule has 0 bridgehead atoms. The van der Waals surface area contributed by atoms with Crippen LogP contribution in [0.15, 0.2) is 16.3 Å². The molecule has 0 aliphatic carbocycles. The Kier molecular flexibility index (Phi) is 3.34. The van der Waals surface area contributed by atoms with Gasteiger partial charge in [0.25, 0.3) is 0 Å². The Morgan fingerprint density at radius 2 is 2.38 bits per heavy atom. The molecule has 1 fully saturated rings. The molecule has 0 saturated carbocycles. The van der Waals surface area contributed by atoms with E-state index in [1.54, 1.807) is 15.8 Å². The Bertz CT molecular complexity index is 467. The number of hydrogen-bond donors (Lipinski definition) is 1. The molecule has 0 radical (unpaired) electrons. The summed E-state index contributed by atoms with van der Waals surface area (Å²) in [6.45, 7) is 2.99. The predicted octanol–water partition coefficient (Wildman–Crippen LogP) is 1.38. The first-order valence-corrected chi connectivity index (χ1v) is 7.67. The molecule has 0 spiro atoms. The van der Waals surface area contributed by atoms with E-state index in [0.717, 1.165) is 17.7 Å². The Labute approximate surface area is 100 Å². The van der Waals surface area contributed by atoms with Crippen molar-refractivity contribution in [3.8, 4) is 0 Å². The van der Waals surface area contributed by atoms with E-state index in [1.165, 1.54) is 11.3 Å². The molecular formula is C10H16N2O2S2. The van der Waals surface area contributed by atoms with Crippen LogP contribution >= 0.6 is 11.3 Å². The third-order valence-corrected chi connectivity index (χ3v) is 6.03. The molecular weight excluding hydrogens is 244 g/mol. The highest BCUT2D eigenvalue weighted by Crippen LogP contribution is 2.28. The number of hydrogen-bond acceptors (Lipinski definition) is 4. The van der Waals surface area contributed by atoms with Crippen LogP contribution in [0.3, 0.4) is 0 Å². The number of sulfonamides is 1. The second-order valence-corrected chi connectivity index (χ2v) is 6.95. The molecule has 6 heteroatoms. The van der Waals surface area contributed by atoms with Gasteiger partial charge in [-0.05, 0) is 25.8 Å². The maximum Gasteiger partial charge on any atom is 0.244 e. The van der Waals surface area contributed by atoms with Gasteiger partial charge in [0.15, 0.2) is 0 Å². The Hall–Kier alpha value is -0.430. The van der Waals surface area contributed by atoms with Gasteiger partial charge in [0.05, 0.1) is 4.90 Å². The van der Waals surface area contributed by atoms with Crippen LogP contribution in [-0.4, -0.2) is 25.3 Å². The Morgan fingerprint density at radius 3 is 2.88 bits per heavy atom. The van der Waals surface area contributed by atoms with Gasteiger partial charge in [-0.25, -0.2) is 8.42 Å². The minimum atomic E-state index is -3.29. The van der Waals surface area contributed by atoms with Crippen LogP contribution in [0.5, 0.6) is 0 Å². The number of rotatable bonds is 3. The minimum Gasteiger partial charge on any atom is -0.326 e. The van der Waals surface area contributed by atoms with E-state index in [0.29, 0.717) is 18.0 Å². The lowest BCUT2D eigenvalue weighted by molar-refractivity contribution is 0.408. The molecule has 4 nitrogen and oxygen atoms in total. The first kappa shape index (κ1) is 12.0. The maximum atomic E-state index is 12.3. The maximum absolute atomic E-state index is 12.3. The van der Waals surface area contributed by atoms with E-state index in [4.69, 9.17) is 5.73 Å². The molecule has 1 aliphatic heterocycles. The van der Waals surface area contributed by atoms with Crippen molar-refractivity contribution in [2.75, 3.05) is 6.54 Å². The third-order valence-electron chi connectivity index (χ3n) is 2.93. The second-order valence-electron chi connectivity index (χ2n) is 4.06. The van der Waals surface area contributed by atoms with E-state index in [9.17, 15) is 8.42 Å². The molecule has 2 heterocycles. The van der Waals surface area contributed by atoms with Crippen molar-refractivity contribution < 1.29 is 8.42 Å². The van der Waals surface area contributed by atoms with Crippen LogP contribution in [-0.2, 0) is 16.6 Å². The lowest BCUT2D eigenvalue weighted by Crippen LogP contribution is -2.33. The van der Waals surface area contributed by atoms with Crippen molar-refractivity contribution in [3.63, 3.8) is 0 Å². The highest BCUT2D eigenvalue weighted by atomic mass is 32.2. The molecule has 1 aliphatic rings. The molecule has 16 heavy (non-hydrogen) atoms. The zero-order valence-electron chi connectivity index (χ0n) is 9.22. The Balaban J connectivity index is 2.31. The molecule has 1 atom stereocenters. The summed E-state index contributed by atoms with van der Waals surface area (Å²) in [7, 11) is -3.29. The lowest BCUT2D eigenvalue weighted by atomic mass is 10.3. The van der Waals surface area contributed by atoms with E-state index < -0.39 is 10.0 Å². The van der Waals surface area contributed by atoms with E-state index >= 15 is 0 Å². The minimum absolute atomic E-state index is 0.117. The molecule has 1 saturated heterocycles. The summed E-state index contributed by atoms with van der Waals surface area (Å²) in [5.74, 6) is 0. The number of nitrogens with zero attached hydrogens (tertiary/aromatic N) is 1. The van der Waals surface area contributed by atoms with Crippen molar-refractivity contribution in [1.29, 1.82) is 0 Å². The summed E-state index contributed by atoms with van der Waals surface area (Å²) in [4.78, 5) is 1.30. The van der Waals surface area contributed by atoms with Crippen LogP contribution < -0.4 is 5.73 Å². The van der Waals surface area contributed by atoms with Crippen molar-refractivity contribution in [2.24, 2.45) is 5.73 Å². The molecule has 1 aromatic rings. The van der Waals surface area contributed by atoms with Gasteiger partial charge in [-0.3, -0.25) is 0 Å². The topological polar surface area (TPSA) is 63.4 Å². The standard InChI is InChI=1S/C10H16N2O2S2/c1-8-3-2-4-12(8)16(13,14)10-5-9(6-11)15-7-10/h5,7-8H,2-4,6,11H2,1H3. The van der Waals surface area contributed by atoms with Gasteiger partial charge < -0.3 is 5.73 Å². The fourth-order valence-corrected chi connectivity index (χ4v) is 4.84. The highest BCUT2D eigenvalue weighted by Gasteiger charge is 2.32. The average molecular weight is 260 g/mol. The number of thiophene rings is 1. The first-order valence-electron chi connectivity index (χ1n) is 5.35. The van der Waals surface area contributed by atoms with Gasteiger partial charge in [0.1, 0.15) is 0 Å². The summed E-state index contributed by atoms with van der Waals surface area (Å²) >= 11 is 1.41. The molecule has 1 unspecified atom stereocenters. The van der Waals surface area contributed by atoms with Crippen molar-refractivity contribution in [2.45, 2.75) is 37.2 Å². The molecule has 0 amide bonds. The van der Waals surface area contributed by atoms with E-state index in [1.807, 2.05) is 6.92 Å². The monoisotopic (exact) mass is 260 g/mol. The van der Waals surface area contributed by atoms with Crippen LogP contribution in [0.25, 0.3) is 0 Å². The smallest absolute Gasteiger partial charge is 0.244 e. The lowest BCUT2D eigenvalue weighted by Gasteiger charge is -2.19. The van der Waals surface area contributed by atoms with Gasteiger partial charge in [-0.2, -0.15) is 4.31 Å². The van der Waals surface area contributed by atoms with Crippen molar-refractivity contribution in [1.82, 2.24) is 4.31 Å². The van der Waals surface area contributed by atoms with Crippen LogP contribution in [0.4, 0.5) is 0 Å². The molecule has 2 N–H and O–H groups in total. The SMILES string of the molecule is CC1CCCN1S(=O)(=O)c1csc(CN)c1. The summed E-state index contributed by atoms with van der Waals surface area (Å²) in [6, 6.07) is 1.80.